The van der Waals surface area contributed by atoms with E-state index in [4.69, 9.17) is 4.42 Å². The molecule has 5 nitrogen and oxygen atoms in total. The largest absolute Gasteiger partial charge is 0.438 e. The SMILES string of the molecule is CC(C)Cc1cccc2nc(COS(C)(=O)=O)oc12. The third kappa shape index (κ3) is 3.78. The quantitative estimate of drug-likeness (QED) is 0.788. The van der Waals surface area contributed by atoms with Crippen LogP contribution in [0.3, 0.4) is 0 Å². The first-order chi connectivity index (χ1) is 8.85. The van der Waals surface area contributed by atoms with E-state index in [1.807, 2.05) is 18.2 Å². The molecule has 0 unspecified atom stereocenters. The third-order valence-electron chi connectivity index (χ3n) is 2.57. The molecule has 0 amide bonds. The number of hydrogen-bond donors (Lipinski definition) is 0. The third-order valence-corrected chi connectivity index (χ3v) is 3.11. The molecule has 0 saturated heterocycles. The van der Waals surface area contributed by atoms with E-state index >= 15 is 0 Å². The highest BCUT2D eigenvalue weighted by molar-refractivity contribution is 7.85. The van der Waals surface area contributed by atoms with Gasteiger partial charge in [0.25, 0.3) is 10.1 Å². The molecule has 1 heterocycles. The van der Waals surface area contributed by atoms with Gasteiger partial charge in [-0.1, -0.05) is 26.0 Å². The van der Waals surface area contributed by atoms with Gasteiger partial charge in [0, 0.05) is 0 Å². The Morgan fingerprint density at radius 3 is 2.74 bits per heavy atom. The Morgan fingerprint density at radius 2 is 2.11 bits per heavy atom. The van der Waals surface area contributed by atoms with Crippen molar-refractivity contribution in [2.75, 3.05) is 6.26 Å². The molecule has 6 heteroatoms. The summed E-state index contributed by atoms with van der Waals surface area (Å²) in [5.41, 5.74) is 2.51. The molecule has 19 heavy (non-hydrogen) atoms. The molecule has 0 atom stereocenters. The second kappa shape index (κ2) is 5.30. The number of oxazole rings is 1. The van der Waals surface area contributed by atoms with Gasteiger partial charge in [-0.25, -0.2) is 4.98 Å². The molecule has 0 aliphatic carbocycles. The van der Waals surface area contributed by atoms with Gasteiger partial charge in [0.05, 0.1) is 6.26 Å². The van der Waals surface area contributed by atoms with Crippen LogP contribution in [0.5, 0.6) is 0 Å². The fourth-order valence-corrected chi connectivity index (χ4v) is 2.19. The molecule has 1 aromatic heterocycles. The Kier molecular flexibility index (Phi) is 3.91. The lowest BCUT2D eigenvalue weighted by Gasteiger charge is -2.04. The lowest BCUT2D eigenvalue weighted by atomic mass is 10.0. The number of hydrogen-bond acceptors (Lipinski definition) is 5. The molecule has 1 aromatic carbocycles. The molecule has 2 rings (SSSR count). The monoisotopic (exact) mass is 283 g/mol. The molecule has 0 aliphatic heterocycles. The summed E-state index contributed by atoms with van der Waals surface area (Å²) in [4.78, 5) is 4.23. The van der Waals surface area contributed by atoms with Crippen molar-refractivity contribution in [3.05, 3.63) is 29.7 Å². The van der Waals surface area contributed by atoms with E-state index in [0.29, 0.717) is 11.5 Å². The minimum absolute atomic E-state index is 0.172. The highest BCUT2D eigenvalue weighted by Gasteiger charge is 2.12. The molecule has 0 fully saturated rings. The summed E-state index contributed by atoms with van der Waals surface area (Å²) in [5, 5.41) is 0. The average molecular weight is 283 g/mol. The molecule has 0 bridgehead atoms. The van der Waals surface area contributed by atoms with Crippen LogP contribution in [-0.4, -0.2) is 19.7 Å². The van der Waals surface area contributed by atoms with Crippen molar-refractivity contribution in [2.45, 2.75) is 26.9 Å². The predicted octanol–water partition coefficient (Wildman–Crippen LogP) is 2.50. The van der Waals surface area contributed by atoms with E-state index in [2.05, 4.69) is 23.0 Å². The maximum Gasteiger partial charge on any atom is 0.264 e. The van der Waals surface area contributed by atoms with E-state index in [1.165, 1.54) is 0 Å². The first kappa shape index (κ1) is 14.0. The molecule has 0 saturated carbocycles. The van der Waals surface area contributed by atoms with Gasteiger partial charge < -0.3 is 4.42 Å². The van der Waals surface area contributed by atoms with Crippen molar-refractivity contribution in [3.63, 3.8) is 0 Å². The minimum atomic E-state index is -3.49. The summed E-state index contributed by atoms with van der Waals surface area (Å²) in [6.07, 6.45) is 1.89. The zero-order valence-electron chi connectivity index (χ0n) is 11.2. The molecule has 104 valence electrons. The van der Waals surface area contributed by atoms with Crippen LogP contribution in [-0.2, 0) is 27.3 Å². The fourth-order valence-electron chi connectivity index (χ4n) is 1.87. The minimum Gasteiger partial charge on any atom is -0.438 e. The first-order valence-electron chi connectivity index (χ1n) is 6.07. The second-order valence-electron chi connectivity index (χ2n) is 4.94. The zero-order chi connectivity index (χ0) is 14.0. The molecule has 2 aromatic rings. The standard InChI is InChI=1S/C13H17NO4S/c1-9(2)7-10-5-4-6-11-13(10)18-12(14-11)8-17-19(3,15)16/h4-6,9H,7-8H2,1-3H3. The van der Waals surface area contributed by atoms with Crippen molar-refractivity contribution >= 4 is 21.2 Å². The molecular weight excluding hydrogens is 266 g/mol. The molecular formula is C13H17NO4S. The van der Waals surface area contributed by atoms with Crippen LogP contribution < -0.4 is 0 Å². The van der Waals surface area contributed by atoms with Crippen LogP contribution in [0.2, 0.25) is 0 Å². The summed E-state index contributed by atoms with van der Waals surface area (Å²) < 4.78 is 32.2. The number of para-hydroxylation sites is 1. The molecule has 0 N–H and O–H groups in total. The van der Waals surface area contributed by atoms with Gasteiger partial charge in [0.15, 0.2) is 5.58 Å². The zero-order valence-corrected chi connectivity index (χ0v) is 12.0. The molecule has 0 aliphatic rings. The van der Waals surface area contributed by atoms with Crippen molar-refractivity contribution < 1.29 is 17.0 Å². The van der Waals surface area contributed by atoms with Crippen molar-refractivity contribution in [1.29, 1.82) is 0 Å². The van der Waals surface area contributed by atoms with E-state index in [-0.39, 0.29) is 12.5 Å². The van der Waals surface area contributed by atoms with Crippen LogP contribution in [0.1, 0.15) is 25.3 Å². The van der Waals surface area contributed by atoms with Gasteiger partial charge in [-0.3, -0.25) is 4.18 Å². The summed E-state index contributed by atoms with van der Waals surface area (Å²) in [5.74, 6) is 0.781. The predicted molar refractivity (Wildman–Crippen MR) is 72.2 cm³/mol. The van der Waals surface area contributed by atoms with Gasteiger partial charge in [-0.05, 0) is 24.0 Å². The van der Waals surface area contributed by atoms with Gasteiger partial charge in [0.1, 0.15) is 12.1 Å². The first-order valence-corrected chi connectivity index (χ1v) is 7.88. The van der Waals surface area contributed by atoms with Crippen molar-refractivity contribution in [3.8, 4) is 0 Å². The fraction of sp³-hybridized carbons (Fsp3) is 0.462. The smallest absolute Gasteiger partial charge is 0.264 e. The van der Waals surface area contributed by atoms with E-state index < -0.39 is 10.1 Å². The highest BCUT2D eigenvalue weighted by Crippen LogP contribution is 2.23. The maximum absolute atomic E-state index is 10.9. The number of rotatable bonds is 5. The molecule has 0 spiro atoms. The lowest BCUT2D eigenvalue weighted by molar-refractivity contribution is 0.274. The Labute approximate surface area is 112 Å². The summed E-state index contributed by atoms with van der Waals surface area (Å²) in [6.45, 7) is 4.08. The van der Waals surface area contributed by atoms with Gasteiger partial charge >= 0.3 is 0 Å². The lowest BCUT2D eigenvalue weighted by Crippen LogP contribution is -2.02. The second-order valence-corrected chi connectivity index (χ2v) is 6.58. The van der Waals surface area contributed by atoms with Crippen LogP contribution in [0.15, 0.2) is 22.6 Å². The van der Waals surface area contributed by atoms with Crippen LogP contribution in [0.25, 0.3) is 11.1 Å². The van der Waals surface area contributed by atoms with Gasteiger partial charge in [-0.2, -0.15) is 8.42 Å². The number of aromatic nitrogens is 1. The Bertz CT molecular complexity index is 673. The Hall–Kier alpha value is -1.40. The Balaban J connectivity index is 2.29. The van der Waals surface area contributed by atoms with Crippen LogP contribution in [0, 0.1) is 5.92 Å². The number of fused-ring (bicyclic) bond motifs is 1. The number of nitrogens with zero attached hydrogens (tertiary/aromatic N) is 1. The average Bonchev–Trinajstić information content (AvgIpc) is 2.69. The maximum atomic E-state index is 10.9. The van der Waals surface area contributed by atoms with Crippen molar-refractivity contribution in [1.82, 2.24) is 4.98 Å². The van der Waals surface area contributed by atoms with Crippen LogP contribution >= 0.6 is 0 Å². The van der Waals surface area contributed by atoms with E-state index in [9.17, 15) is 8.42 Å². The molecule has 0 radical (unpaired) electrons. The van der Waals surface area contributed by atoms with Gasteiger partial charge in [0.2, 0.25) is 5.89 Å². The normalized spacial score (nSPS) is 12.4. The van der Waals surface area contributed by atoms with Crippen LogP contribution in [0.4, 0.5) is 0 Å². The topological polar surface area (TPSA) is 69.4 Å². The highest BCUT2D eigenvalue weighted by atomic mass is 32.2. The van der Waals surface area contributed by atoms with E-state index in [1.54, 1.807) is 0 Å². The Morgan fingerprint density at radius 1 is 1.37 bits per heavy atom. The van der Waals surface area contributed by atoms with Crippen molar-refractivity contribution in [2.24, 2.45) is 5.92 Å². The number of benzene rings is 1. The summed E-state index contributed by atoms with van der Waals surface area (Å²) in [7, 11) is -3.49. The van der Waals surface area contributed by atoms with Gasteiger partial charge in [-0.15, -0.1) is 0 Å². The summed E-state index contributed by atoms with van der Waals surface area (Å²) in [6, 6.07) is 5.76. The van der Waals surface area contributed by atoms with E-state index in [0.717, 1.165) is 23.8 Å². The summed E-state index contributed by atoms with van der Waals surface area (Å²) >= 11 is 0.